The van der Waals surface area contributed by atoms with Crippen LogP contribution in [-0.2, 0) is 24.3 Å². The molecule has 0 aliphatic carbocycles. The lowest BCUT2D eigenvalue weighted by Crippen LogP contribution is -2.48. The molecule has 0 saturated carbocycles. The number of benzene rings is 1. The molecule has 8 heteroatoms. The number of hydrogen-bond acceptors (Lipinski definition) is 6. The second kappa shape index (κ2) is 10.2. The number of aromatic nitrogens is 3. The first-order chi connectivity index (χ1) is 14.7. The fourth-order valence-corrected chi connectivity index (χ4v) is 5.14. The lowest BCUT2D eigenvalue weighted by atomic mass is 10.1. The number of thioether (sulfide) groups is 1. The van der Waals surface area contributed by atoms with Gasteiger partial charge in [-0.3, -0.25) is 9.69 Å². The molecule has 30 heavy (non-hydrogen) atoms. The van der Waals surface area contributed by atoms with Gasteiger partial charge in [-0.05, 0) is 35.9 Å². The Morgan fingerprint density at radius 2 is 1.97 bits per heavy atom. The molecule has 0 N–H and O–H groups in total. The van der Waals surface area contributed by atoms with Gasteiger partial charge >= 0.3 is 0 Å². The van der Waals surface area contributed by atoms with Crippen molar-refractivity contribution in [2.45, 2.75) is 31.6 Å². The maximum atomic E-state index is 12.7. The van der Waals surface area contributed by atoms with Gasteiger partial charge in [0.25, 0.3) is 0 Å². The van der Waals surface area contributed by atoms with Crippen molar-refractivity contribution in [1.29, 1.82) is 0 Å². The van der Waals surface area contributed by atoms with E-state index in [1.54, 1.807) is 17.7 Å². The molecule has 0 unspecified atom stereocenters. The van der Waals surface area contributed by atoms with Crippen LogP contribution in [0.15, 0.2) is 53.3 Å². The summed E-state index contributed by atoms with van der Waals surface area (Å²) < 4.78 is 2.04. The first kappa shape index (κ1) is 21.1. The molecule has 4 rings (SSSR count). The highest BCUT2D eigenvalue weighted by atomic mass is 32.2. The summed E-state index contributed by atoms with van der Waals surface area (Å²) in [6.45, 7) is 7.36. The van der Waals surface area contributed by atoms with Crippen LogP contribution >= 0.6 is 23.1 Å². The van der Waals surface area contributed by atoms with Gasteiger partial charge in [-0.15, -0.1) is 21.5 Å². The van der Waals surface area contributed by atoms with E-state index in [0.717, 1.165) is 50.8 Å². The second-order valence-electron chi connectivity index (χ2n) is 7.51. The zero-order valence-corrected chi connectivity index (χ0v) is 18.9. The molecule has 0 bridgehead atoms. The van der Waals surface area contributed by atoms with E-state index < -0.39 is 0 Å². The summed E-state index contributed by atoms with van der Waals surface area (Å²) in [5.41, 5.74) is 2.70. The van der Waals surface area contributed by atoms with Gasteiger partial charge in [-0.1, -0.05) is 42.1 Å². The maximum Gasteiger partial charge on any atom is 0.233 e. The van der Waals surface area contributed by atoms with E-state index in [2.05, 4.69) is 63.8 Å². The quantitative estimate of drug-likeness (QED) is 0.502. The molecule has 6 nitrogen and oxygen atoms in total. The molecule has 0 radical (unpaired) electrons. The van der Waals surface area contributed by atoms with Crippen LogP contribution in [0.2, 0.25) is 0 Å². The molecule has 0 atom stereocenters. The molecular weight excluding hydrogens is 414 g/mol. The summed E-state index contributed by atoms with van der Waals surface area (Å²) >= 11 is 3.25. The molecular formula is C22H27N5OS2. The number of carbonyl (C=O) groups excluding carboxylic acids is 1. The Balaban J connectivity index is 1.22. The summed E-state index contributed by atoms with van der Waals surface area (Å²) in [5.74, 6) is 0.596. The first-order valence-corrected chi connectivity index (χ1v) is 12.1. The van der Waals surface area contributed by atoms with E-state index in [9.17, 15) is 4.79 Å². The van der Waals surface area contributed by atoms with E-state index in [1.807, 2.05) is 9.47 Å². The maximum absolute atomic E-state index is 12.7. The standard InChI is InChI=1S/C22H27N5OS2/c1-18-5-2-3-6-19(18)15-25-10-12-26(13-11-25)21(28)16-30-22-24-23-17-27(22)9-8-20-7-4-14-29-20/h2-7,14,17H,8-13,15-16H2,1H3. The second-order valence-corrected chi connectivity index (χ2v) is 9.48. The number of thiophene rings is 1. The van der Waals surface area contributed by atoms with Gasteiger partial charge in [0.1, 0.15) is 6.33 Å². The predicted molar refractivity (Wildman–Crippen MR) is 122 cm³/mol. The minimum atomic E-state index is 0.184. The lowest BCUT2D eigenvalue weighted by molar-refractivity contribution is -0.130. The average Bonchev–Trinajstić information content (AvgIpc) is 3.44. The number of rotatable bonds is 8. The smallest absolute Gasteiger partial charge is 0.233 e. The van der Waals surface area contributed by atoms with Crippen molar-refractivity contribution in [2.75, 3.05) is 31.9 Å². The van der Waals surface area contributed by atoms with Crippen molar-refractivity contribution in [2.24, 2.45) is 0 Å². The van der Waals surface area contributed by atoms with Crippen LogP contribution in [0.4, 0.5) is 0 Å². The van der Waals surface area contributed by atoms with Crippen LogP contribution in [0, 0.1) is 6.92 Å². The number of carbonyl (C=O) groups is 1. The number of nitrogens with zero attached hydrogens (tertiary/aromatic N) is 5. The van der Waals surface area contributed by atoms with Crippen LogP contribution in [0.1, 0.15) is 16.0 Å². The average molecular weight is 442 g/mol. The van der Waals surface area contributed by atoms with E-state index in [4.69, 9.17) is 0 Å². The summed E-state index contributed by atoms with van der Waals surface area (Å²) in [4.78, 5) is 18.5. The van der Waals surface area contributed by atoms with Gasteiger partial charge in [0, 0.05) is 44.1 Å². The Labute approximate surface area is 185 Å². The normalized spacial score (nSPS) is 14.9. The molecule has 1 aromatic carbocycles. The highest BCUT2D eigenvalue weighted by Gasteiger charge is 2.22. The molecule has 1 fully saturated rings. The van der Waals surface area contributed by atoms with Crippen LogP contribution in [0.3, 0.4) is 0 Å². The van der Waals surface area contributed by atoms with Crippen molar-refractivity contribution >= 4 is 29.0 Å². The molecule has 158 valence electrons. The first-order valence-electron chi connectivity index (χ1n) is 10.3. The lowest BCUT2D eigenvalue weighted by Gasteiger charge is -2.35. The zero-order valence-electron chi connectivity index (χ0n) is 17.2. The zero-order chi connectivity index (χ0) is 20.8. The third-order valence-corrected chi connectivity index (χ3v) is 7.37. The third kappa shape index (κ3) is 5.50. The number of amides is 1. The molecule has 0 spiro atoms. The topological polar surface area (TPSA) is 54.3 Å². The molecule has 2 aromatic heterocycles. The number of hydrogen-bond donors (Lipinski definition) is 0. The molecule has 1 aliphatic heterocycles. The minimum Gasteiger partial charge on any atom is -0.339 e. The number of aryl methyl sites for hydroxylation is 3. The third-order valence-electron chi connectivity index (χ3n) is 5.46. The molecule has 3 aromatic rings. The van der Waals surface area contributed by atoms with E-state index in [1.165, 1.54) is 27.8 Å². The molecule has 3 heterocycles. The summed E-state index contributed by atoms with van der Waals surface area (Å²) in [6, 6.07) is 12.7. The predicted octanol–water partition coefficient (Wildman–Crippen LogP) is 3.33. The Kier molecular flexibility index (Phi) is 7.20. The fourth-order valence-electron chi connectivity index (χ4n) is 3.60. The van der Waals surface area contributed by atoms with Crippen molar-refractivity contribution in [3.63, 3.8) is 0 Å². The van der Waals surface area contributed by atoms with Gasteiger partial charge in [0.15, 0.2) is 5.16 Å². The van der Waals surface area contributed by atoms with Crippen LogP contribution in [0.5, 0.6) is 0 Å². The largest absolute Gasteiger partial charge is 0.339 e. The van der Waals surface area contributed by atoms with Gasteiger partial charge < -0.3 is 9.47 Å². The van der Waals surface area contributed by atoms with Gasteiger partial charge in [-0.2, -0.15) is 0 Å². The summed E-state index contributed by atoms with van der Waals surface area (Å²) in [5, 5.41) is 11.1. The van der Waals surface area contributed by atoms with Gasteiger partial charge in [0.05, 0.1) is 5.75 Å². The Morgan fingerprint density at radius 3 is 2.73 bits per heavy atom. The van der Waals surface area contributed by atoms with Crippen molar-refractivity contribution < 1.29 is 4.79 Å². The van der Waals surface area contributed by atoms with Crippen LogP contribution in [-0.4, -0.2) is 62.4 Å². The van der Waals surface area contributed by atoms with E-state index in [0.29, 0.717) is 5.75 Å². The van der Waals surface area contributed by atoms with Crippen LogP contribution < -0.4 is 0 Å². The van der Waals surface area contributed by atoms with Crippen molar-refractivity contribution in [3.05, 3.63) is 64.1 Å². The molecule has 1 amide bonds. The highest BCUT2D eigenvalue weighted by molar-refractivity contribution is 7.99. The summed E-state index contributed by atoms with van der Waals surface area (Å²) in [6.07, 6.45) is 2.71. The minimum absolute atomic E-state index is 0.184. The van der Waals surface area contributed by atoms with E-state index >= 15 is 0 Å². The molecule has 1 aliphatic rings. The monoisotopic (exact) mass is 441 g/mol. The Bertz CT molecular complexity index is 948. The van der Waals surface area contributed by atoms with Crippen LogP contribution in [0.25, 0.3) is 0 Å². The Morgan fingerprint density at radius 1 is 1.13 bits per heavy atom. The summed E-state index contributed by atoms with van der Waals surface area (Å²) in [7, 11) is 0. The Hall–Kier alpha value is -2.16. The van der Waals surface area contributed by atoms with Gasteiger partial charge in [0.2, 0.25) is 5.91 Å². The van der Waals surface area contributed by atoms with Crippen molar-refractivity contribution in [1.82, 2.24) is 24.6 Å². The highest BCUT2D eigenvalue weighted by Crippen LogP contribution is 2.18. The van der Waals surface area contributed by atoms with Gasteiger partial charge in [-0.25, -0.2) is 0 Å². The SMILES string of the molecule is Cc1ccccc1CN1CCN(C(=O)CSc2nncn2CCc2cccs2)CC1. The van der Waals surface area contributed by atoms with Crippen molar-refractivity contribution in [3.8, 4) is 0 Å². The molecule has 1 saturated heterocycles. The van der Waals surface area contributed by atoms with E-state index in [-0.39, 0.29) is 5.91 Å². The number of piperazine rings is 1. The fraction of sp³-hybridized carbons (Fsp3) is 0.409.